The number of nitrogens with one attached hydrogen (secondary N) is 1. The van der Waals surface area contributed by atoms with Crippen LogP contribution >= 0.6 is 0 Å². The first-order chi connectivity index (χ1) is 8.13. The Morgan fingerprint density at radius 3 is 2.65 bits per heavy atom. The van der Waals surface area contributed by atoms with E-state index in [9.17, 15) is 0 Å². The average Bonchev–Trinajstić information content (AvgIpc) is 2.62. The van der Waals surface area contributed by atoms with Crippen LogP contribution in [0.1, 0.15) is 49.3 Å². The van der Waals surface area contributed by atoms with Crippen molar-refractivity contribution >= 4 is 0 Å². The van der Waals surface area contributed by atoms with Gasteiger partial charge in [0.15, 0.2) is 0 Å². The number of hydrogen-bond donors (Lipinski definition) is 1. The molecule has 94 valence electrons. The fourth-order valence-electron chi connectivity index (χ4n) is 3.40. The second-order valence-electron chi connectivity index (χ2n) is 5.57. The smallest absolute Gasteiger partial charge is 0.00986 e. The van der Waals surface area contributed by atoms with Gasteiger partial charge < -0.3 is 5.32 Å². The fraction of sp³-hybridized carbons (Fsp3) is 0.625. The minimum atomic E-state index is 0.714. The van der Waals surface area contributed by atoms with E-state index in [1.165, 1.54) is 24.0 Å². The molecule has 1 aromatic carbocycles. The van der Waals surface area contributed by atoms with E-state index >= 15 is 0 Å². The topological polar surface area (TPSA) is 12.0 Å². The van der Waals surface area contributed by atoms with Crippen LogP contribution in [0.3, 0.4) is 0 Å². The van der Waals surface area contributed by atoms with Crippen LogP contribution in [0.4, 0.5) is 0 Å². The van der Waals surface area contributed by atoms with Crippen molar-refractivity contribution in [2.75, 3.05) is 6.54 Å². The molecule has 3 atom stereocenters. The van der Waals surface area contributed by atoms with Gasteiger partial charge in [-0.05, 0) is 56.2 Å². The van der Waals surface area contributed by atoms with E-state index in [0.717, 1.165) is 18.4 Å². The molecular weight excluding hydrogens is 206 g/mol. The lowest BCUT2D eigenvalue weighted by molar-refractivity contribution is 0.411. The Labute approximate surface area is 106 Å². The molecule has 0 radical (unpaired) electrons. The van der Waals surface area contributed by atoms with Gasteiger partial charge in [0.05, 0.1) is 0 Å². The Balaban J connectivity index is 2.18. The Kier molecular flexibility index (Phi) is 3.88. The van der Waals surface area contributed by atoms with Crippen LogP contribution in [0.5, 0.6) is 0 Å². The minimum absolute atomic E-state index is 0.714. The molecule has 2 rings (SSSR count). The van der Waals surface area contributed by atoms with E-state index in [1.54, 1.807) is 5.56 Å². The monoisotopic (exact) mass is 231 g/mol. The van der Waals surface area contributed by atoms with Crippen LogP contribution in [0, 0.1) is 19.8 Å². The van der Waals surface area contributed by atoms with Crippen molar-refractivity contribution in [2.24, 2.45) is 5.92 Å². The fourth-order valence-corrected chi connectivity index (χ4v) is 3.40. The molecule has 0 aliphatic heterocycles. The van der Waals surface area contributed by atoms with Crippen molar-refractivity contribution in [1.82, 2.24) is 5.32 Å². The molecule has 0 bridgehead atoms. The highest BCUT2D eigenvalue weighted by atomic mass is 14.9. The maximum Gasteiger partial charge on any atom is 0.00986 e. The molecule has 1 aliphatic rings. The Morgan fingerprint density at radius 2 is 2.00 bits per heavy atom. The number of aryl methyl sites for hydroxylation is 2. The highest BCUT2D eigenvalue weighted by molar-refractivity contribution is 5.34. The van der Waals surface area contributed by atoms with Gasteiger partial charge in [-0.25, -0.2) is 0 Å². The molecule has 1 saturated carbocycles. The molecule has 0 saturated heterocycles. The van der Waals surface area contributed by atoms with Gasteiger partial charge in [-0.1, -0.05) is 37.6 Å². The molecule has 1 aromatic rings. The zero-order valence-corrected chi connectivity index (χ0v) is 11.6. The normalized spacial score (nSPS) is 28.6. The standard InChI is InChI=1S/C16H25N/c1-5-17-16-9-8-15(13(16)4)14-7-6-11(2)10-12(14)3/h6-7,10,13,15-17H,5,8-9H2,1-4H3. The SMILES string of the molecule is CCNC1CCC(c2ccc(C)cc2C)C1C. The van der Waals surface area contributed by atoms with Crippen molar-refractivity contribution in [2.45, 2.75) is 52.5 Å². The second kappa shape index (κ2) is 5.22. The lowest BCUT2D eigenvalue weighted by Gasteiger charge is -2.23. The van der Waals surface area contributed by atoms with Crippen LogP contribution < -0.4 is 5.32 Å². The van der Waals surface area contributed by atoms with Crippen LogP contribution in [0.15, 0.2) is 18.2 Å². The van der Waals surface area contributed by atoms with E-state index in [4.69, 9.17) is 0 Å². The van der Waals surface area contributed by atoms with E-state index in [1.807, 2.05) is 0 Å². The summed E-state index contributed by atoms with van der Waals surface area (Å²) in [5.41, 5.74) is 4.42. The average molecular weight is 231 g/mol. The highest BCUT2D eigenvalue weighted by Gasteiger charge is 2.33. The zero-order valence-electron chi connectivity index (χ0n) is 11.6. The van der Waals surface area contributed by atoms with Gasteiger partial charge >= 0.3 is 0 Å². The van der Waals surface area contributed by atoms with E-state index in [0.29, 0.717) is 6.04 Å². The molecule has 17 heavy (non-hydrogen) atoms. The summed E-state index contributed by atoms with van der Waals surface area (Å²) in [7, 11) is 0. The quantitative estimate of drug-likeness (QED) is 0.834. The van der Waals surface area contributed by atoms with Crippen molar-refractivity contribution in [1.29, 1.82) is 0 Å². The van der Waals surface area contributed by atoms with E-state index < -0.39 is 0 Å². The van der Waals surface area contributed by atoms with Crippen molar-refractivity contribution in [3.8, 4) is 0 Å². The largest absolute Gasteiger partial charge is 0.314 e. The summed E-state index contributed by atoms with van der Waals surface area (Å²) < 4.78 is 0. The third kappa shape index (κ3) is 2.55. The predicted molar refractivity (Wildman–Crippen MR) is 74.5 cm³/mol. The summed E-state index contributed by atoms with van der Waals surface area (Å²) in [6, 6.07) is 7.64. The first-order valence-electron chi connectivity index (χ1n) is 6.94. The van der Waals surface area contributed by atoms with Crippen LogP contribution in [0.2, 0.25) is 0 Å². The van der Waals surface area contributed by atoms with Gasteiger partial charge in [-0.3, -0.25) is 0 Å². The first kappa shape index (κ1) is 12.6. The number of hydrogen-bond acceptors (Lipinski definition) is 1. The van der Waals surface area contributed by atoms with Gasteiger partial charge in [-0.2, -0.15) is 0 Å². The summed E-state index contributed by atoms with van der Waals surface area (Å²) in [6.45, 7) is 10.1. The van der Waals surface area contributed by atoms with Gasteiger partial charge in [0.1, 0.15) is 0 Å². The van der Waals surface area contributed by atoms with Gasteiger partial charge in [0, 0.05) is 6.04 Å². The number of benzene rings is 1. The van der Waals surface area contributed by atoms with Crippen LogP contribution in [-0.2, 0) is 0 Å². The molecule has 1 nitrogen and oxygen atoms in total. The number of rotatable bonds is 3. The highest BCUT2D eigenvalue weighted by Crippen LogP contribution is 2.40. The summed E-state index contributed by atoms with van der Waals surface area (Å²) in [5.74, 6) is 1.51. The van der Waals surface area contributed by atoms with Crippen molar-refractivity contribution < 1.29 is 0 Å². The molecule has 0 amide bonds. The van der Waals surface area contributed by atoms with Crippen LogP contribution in [0.25, 0.3) is 0 Å². The van der Waals surface area contributed by atoms with Gasteiger partial charge in [-0.15, -0.1) is 0 Å². The molecule has 1 N–H and O–H groups in total. The third-order valence-electron chi connectivity index (χ3n) is 4.35. The minimum Gasteiger partial charge on any atom is -0.314 e. The molecule has 0 aromatic heterocycles. The Bertz CT molecular complexity index is 383. The summed E-state index contributed by atoms with van der Waals surface area (Å²) >= 11 is 0. The molecule has 0 heterocycles. The molecule has 3 unspecified atom stereocenters. The molecule has 0 spiro atoms. The Hall–Kier alpha value is -0.820. The Morgan fingerprint density at radius 1 is 1.24 bits per heavy atom. The van der Waals surface area contributed by atoms with Crippen molar-refractivity contribution in [3.63, 3.8) is 0 Å². The summed E-state index contributed by atoms with van der Waals surface area (Å²) in [6.07, 6.45) is 2.66. The molecular formula is C16H25N. The van der Waals surface area contributed by atoms with Gasteiger partial charge in [0.2, 0.25) is 0 Å². The third-order valence-corrected chi connectivity index (χ3v) is 4.35. The maximum absolute atomic E-state index is 3.62. The second-order valence-corrected chi connectivity index (χ2v) is 5.57. The van der Waals surface area contributed by atoms with Gasteiger partial charge in [0.25, 0.3) is 0 Å². The lowest BCUT2D eigenvalue weighted by Crippen LogP contribution is -2.32. The van der Waals surface area contributed by atoms with E-state index in [-0.39, 0.29) is 0 Å². The lowest BCUT2D eigenvalue weighted by atomic mass is 9.86. The molecule has 1 aliphatic carbocycles. The zero-order chi connectivity index (χ0) is 12.4. The maximum atomic E-state index is 3.62. The molecule has 1 heteroatoms. The summed E-state index contributed by atoms with van der Waals surface area (Å²) in [5, 5.41) is 3.62. The predicted octanol–water partition coefficient (Wildman–Crippen LogP) is 3.80. The summed E-state index contributed by atoms with van der Waals surface area (Å²) in [4.78, 5) is 0. The van der Waals surface area contributed by atoms with Crippen LogP contribution in [-0.4, -0.2) is 12.6 Å². The van der Waals surface area contributed by atoms with Crippen molar-refractivity contribution in [3.05, 3.63) is 34.9 Å². The van der Waals surface area contributed by atoms with E-state index in [2.05, 4.69) is 51.2 Å². The molecule has 1 fully saturated rings. The first-order valence-corrected chi connectivity index (χ1v) is 6.94.